The van der Waals surface area contributed by atoms with E-state index in [0.29, 0.717) is 17.5 Å². The highest BCUT2D eigenvalue weighted by atomic mass is 19.1. The summed E-state index contributed by atoms with van der Waals surface area (Å²) in [6.07, 6.45) is 0. The van der Waals surface area contributed by atoms with Gasteiger partial charge in [0.2, 0.25) is 0 Å². The summed E-state index contributed by atoms with van der Waals surface area (Å²) in [5.74, 6) is -2.25. The van der Waals surface area contributed by atoms with Crippen molar-refractivity contribution >= 4 is 17.5 Å². The lowest BCUT2D eigenvalue weighted by atomic mass is 10.2. The van der Waals surface area contributed by atoms with E-state index in [1.54, 1.807) is 32.3 Å². The molecule has 0 saturated heterocycles. The molecule has 0 fully saturated rings. The molecule has 2 rings (SSSR count). The standard InChI is InChI=1S/C17H16F2N2O3/c1-21(2)16(22)10-24-13-5-3-4-12(9-13)20-17(23)14-7-6-11(18)8-15(14)19/h3-9H,10H2,1-2H3,(H,20,23). The Morgan fingerprint density at radius 3 is 2.54 bits per heavy atom. The molecule has 24 heavy (non-hydrogen) atoms. The van der Waals surface area contributed by atoms with Gasteiger partial charge >= 0.3 is 0 Å². The summed E-state index contributed by atoms with van der Waals surface area (Å²) < 4.78 is 31.8. The van der Waals surface area contributed by atoms with Crippen LogP contribution in [0.3, 0.4) is 0 Å². The van der Waals surface area contributed by atoms with Crippen molar-refractivity contribution in [3.63, 3.8) is 0 Å². The van der Waals surface area contributed by atoms with E-state index in [4.69, 9.17) is 4.74 Å². The average molecular weight is 334 g/mol. The molecular weight excluding hydrogens is 318 g/mol. The largest absolute Gasteiger partial charge is 0.484 e. The van der Waals surface area contributed by atoms with Gasteiger partial charge in [0.05, 0.1) is 5.56 Å². The molecule has 126 valence electrons. The van der Waals surface area contributed by atoms with Gasteiger partial charge in [0, 0.05) is 31.9 Å². The highest BCUT2D eigenvalue weighted by Gasteiger charge is 2.13. The Labute approximate surface area is 137 Å². The molecule has 5 nitrogen and oxygen atoms in total. The van der Waals surface area contributed by atoms with Crippen molar-refractivity contribution in [1.29, 1.82) is 0 Å². The minimum absolute atomic E-state index is 0.142. The molecule has 0 bridgehead atoms. The highest BCUT2D eigenvalue weighted by molar-refractivity contribution is 6.04. The number of rotatable bonds is 5. The van der Waals surface area contributed by atoms with Gasteiger partial charge in [-0.3, -0.25) is 9.59 Å². The Morgan fingerprint density at radius 2 is 1.88 bits per heavy atom. The maximum absolute atomic E-state index is 13.6. The smallest absolute Gasteiger partial charge is 0.259 e. The van der Waals surface area contributed by atoms with Gasteiger partial charge in [0.25, 0.3) is 11.8 Å². The van der Waals surface area contributed by atoms with E-state index in [1.807, 2.05) is 0 Å². The number of halogens is 2. The van der Waals surface area contributed by atoms with E-state index >= 15 is 0 Å². The number of hydrogen-bond acceptors (Lipinski definition) is 3. The molecule has 7 heteroatoms. The van der Waals surface area contributed by atoms with E-state index in [9.17, 15) is 18.4 Å². The van der Waals surface area contributed by atoms with Gasteiger partial charge in [-0.2, -0.15) is 0 Å². The van der Waals surface area contributed by atoms with Crippen molar-refractivity contribution in [2.24, 2.45) is 0 Å². The van der Waals surface area contributed by atoms with Crippen molar-refractivity contribution in [2.45, 2.75) is 0 Å². The summed E-state index contributed by atoms with van der Waals surface area (Å²) in [4.78, 5) is 24.9. The molecule has 0 atom stereocenters. The number of benzene rings is 2. The molecule has 0 heterocycles. The highest BCUT2D eigenvalue weighted by Crippen LogP contribution is 2.19. The summed E-state index contributed by atoms with van der Waals surface area (Å²) in [5.41, 5.74) is 0.0871. The first-order valence-corrected chi connectivity index (χ1v) is 7.06. The van der Waals surface area contributed by atoms with Crippen LogP contribution in [0.5, 0.6) is 5.75 Å². The van der Waals surface area contributed by atoms with Gasteiger partial charge in [-0.15, -0.1) is 0 Å². The zero-order chi connectivity index (χ0) is 17.7. The number of carbonyl (C=O) groups is 2. The maximum atomic E-state index is 13.6. The maximum Gasteiger partial charge on any atom is 0.259 e. The number of ether oxygens (including phenoxy) is 1. The number of carbonyl (C=O) groups excluding carboxylic acids is 2. The fourth-order valence-corrected chi connectivity index (χ4v) is 1.81. The number of hydrogen-bond donors (Lipinski definition) is 1. The summed E-state index contributed by atoms with van der Waals surface area (Å²) in [7, 11) is 3.22. The number of nitrogens with zero attached hydrogens (tertiary/aromatic N) is 1. The van der Waals surface area contributed by atoms with Gasteiger partial charge in [-0.05, 0) is 24.3 Å². The molecule has 0 spiro atoms. The quantitative estimate of drug-likeness (QED) is 0.915. The van der Waals surface area contributed by atoms with Crippen molar-refractivity contribution in [1.82, 2.24) is 4.90 Å². The summed E-state index contributed by atoms with van der Waals surface area (Å²) in [6.45, 7) is -0.142. The molecule has 0 unspecified atom stereocenters. The molecule has 0 saturated carbocycles. The van der Waals surface area contributed by atoms with Crippen molar-refractivity contribution in [2.75, 3.05) is 26.0 Å². The van der Waals surface area contributed by atoms with Crippen LogP contribution in [0.4, 0.5) is 14.5 Å². The third-order valence-electron chi connectivity index (χ3n) is 3.13. The van der Waals surface area contributed by atoms with Crippen LogP contribution in [-0.2, 0) is 4.79 Å². The molecular formula is C17H16F2N2O3. The molecule has 2 aromatic carbocycles. The first kappa shape index (κ1) is 17.4. The van der Waals surface area contributed by atoms with Crippen LogP contribution in [0.15, 0.2) is 42.5 Å². The second-order valence-corrected chi connectivity index (χ2v) is 5.18. The SMILES string of the molecule is CN(C)C(=O)COc1cccc(NC(=O)c2ccc(F)cc2F)c1. The Balaban J connectivity index is 2.06. The predicted octanol–water partition coefficient (Wildman–Crippen LogP) is 2.68. The summed E-state index contributed by atoms with van der Waals surface area (Å²) in [5, 5.41) is 2.49. The van der Waals surface area contributed by atoms with Crippen LogP contribution < -0.4 is 10.1 Å². The van der Waals surface area contributed by atoms with E-state index in [2.05, 4.69) is 5.32 Å². The molecule has 1 N–H and O–H groups in total. The van der Waals surface area contributed by atoms with Crippen LogP contribution >= 0.6 is 0 Å². The average Bonchev–Trinajstić information content (AvgIpc) is 2.52. The zero-order valence-electron chi connectivity index (χ0n) is 13.2. The minimum Gasteiger partial charge on any atom is -0.484 e. The summed E-state index contributed by atoms with van der Waals surface area (Å²) in [6, 6.07) is 9.03. The molecule has 0 aromatic heterocycles. The van der Waals surface area contributed by atoms with Crippen LogP contribution in [-0.4, -0.2) is 37.4 Å². The Kier molecular flexibility index (Phi) is 5.47. The molecule has 0 radical (unpaired) electrons. The number of amides is 2. The monoisotopic (exact) mass is 334 g/mol. The fraction of sp³-hybridized carbons (Fsp3) is 0.176. The lowest BCUT2D eigenvalue weighted by Gasteiger charge is -2.12. The minimum atomic E-state index is -0.948. The first-order chi connectivity index (χ1) is 11.4. The van der Waals surface area contributed by atoms with E-state index in [-0.39, 0.29) is 18.1 Å². The predicted molar refractivity (Wildman–Crippen MR) is 84.9 cm³/mol. The number of likely N-dealkylation sites (N-methyl/N-ethyl adjacent to an activating group) is 1. The van der Waals surface area contributed by atoms with Crippen LogP contribution in [0.25, 0.3) is 0 Å². The van der Waals surface area contributed by atoms with Crippen molar-refractivity contribution < 1.29 is 23.1 Å². The van der Waals surface area contributed by atoms with Gasteiger partial charge in [0.15, 0.2) is 6.61 Å². The molecule has 2 aromatic rings. The van der Waals surface area contributed by atoms with Crippen LogP contribution in [0.1, 0.15) is 10.4 Å². The van der Waals surface area contributed by atoms with Gasteiger partial charge in [-0.25, -0.2) is 8.78 Å². The second-order valence-electron chi connectivity index (χ2n) is 5.18. The number of anilines is 1. The Morgan fingerprint density at radius 1 is 1.12 bits per heavy atom. The van der Waals surface area contributed by atoms with Crippen LogP contribution in [0, 0.1) is 11.6 Å². The first-order valence-electron chi connectivity index (χ1n) is 7.06. The van der Waals surface area contributed by atoms with Gasteiger partial charge in [0.1, 0.15) is 17.4 Å². The molecule has 0 aliphatic carbocycles. The fourth-order valence-electron chi connectivity index (χ4n) is 1.81. The molecule has 0 aliphatic rings. The van der Waals surface area contributed by atoms with E-state index < -0.39 is 17.5 Å². The molecule has 0 aliphatic heterocycles. The topological polar surface area (TPSA) is 58.6 Å². The number of nitrogens with one attached hydrogen (secondary N) is 1. The zero-order valence-corrected chi connectivity index (χ0v) is 13.2. The lowest BCUT2D eigenvalue weighted by Crippen LogP contribution is -2.27. The van der Waals surface area contributed by atoms with E-state index in [1.165, 1.54) is 11.0 Å². The lowest BCUT2D eigenvalue weighted by molar-refractivity contribution is -0.130. The third kappa shape index (κ3) is 4.52. The van der Waals surface area contributed by atoms with Gasteiger partial charge in [-0.1, -0.05) is 6.07 Å². The van der Waals surface area contributed by atoms with Gasteiger partial charge < -0.3 is 15.0 Å². The van der Waals surface area contributed by atoms with E-state index in [0.717, 1.165) is 12.1 Å². The summed E-state index contributed by atoms with van der Waals surface area (Å²) >= 11 is 0. The normalized spacial score (nSPS) is 10.2. The molecule has 2 amide bonds. The Bertz CT molecular complexity index is 763. The van der Waals surface area contributed by atoms with Crippen molar-refractivity contribution in [3.05, 3.63) is 59.7 Å². The third-order valence-corrected chi connectivity index (χ3v) is 3.13. The van der Waals surface area contributed by atoms with Crippen molar-refractivity contribution in [3.8, 4) is 5.75 Å². The Hall–Kier alpha value is -2.96. The second kappa shape index (κ2) is 7.54. The van der Waals surface area contributed by atoms with Crippen LogP contribution in [0.2, 0.25) is 0 Å².